The van der Waals surface area contributed by atoms with E-state index in [0.717, 1.165) is 43.5 Å². The lowest BCUT2D eigenvalue weighted by Crippen LogP contribution is -2.26. The van der Waals surface area contributed by atoms with Crippen LogP contribution in [-0.2, 0) is 13.0 Å². The van der Waals surface area contributed by atoms with Gasteiger partial charge in [-0.2, -0.15) is 10.2 Å². The first-order valence-electron chi connectivity index (χ1n) is 9.31. The van der Waals surface area contributed by atoms with Crippen LogP contribution in [0, 0.1) is 0 Å². The van der Waals surface area contributed by atoms with Crippen molar-refractivity contribution in [3.05, 3.63) is 35.8 Å². The van der Waals surface area contributed by atoms with Crippen LogP contribution in [0.25, 0.3) is 26.4 Å². The molecule has 1 aliphatic rings. The number of fused-ring (bicyclic) bond motifs is 2. The Morgan fingerprint density at radius 3 is 2.68 bits per heavy atom. The van der Waals surface area contributed by atoms with Gasteiger partial charge in [-0.05, 0) is 38.1 Å². The molecule has 1 fully saturated rings. The van der Waals surface area contributed by atoms with E-state index in [9.17, 15) is 8.78 Å². The molecule has 0 unspecified atom stereocenters. The van der Waals surface area contributed by atoms with Crippen LogP contribution in [0.15, 0.2) is 24.5 Å². The minimum atomic E-state index is -2.98. The third-order valence-corrected chi connectivity index (χ3v) is 6.23. The lowest BCUT2D eigenvalue weighted by molar-refractivity contribution is 0.0189. The Hall–Kier alpha value is -2.39. The van der Waals surface area contributed by atoms with Crippen LogP contribution in [-0.4, -0.2) is 37.5 Å². The van der Waals surface area contributed by atoms with Gasteiger partial charge in [0.2, 0.25) is 4.96 Å². The van der Waals surface area contributed by atoms with Gasteiger partial charge in [0.15, 0.2) is 0 Å². The number of alkyl halides is 2. The molecule has 146 valence electrons. The summed E-state index contributed by atoms with van der Waals surface area (Å²) in [6.45, 7) is 2.92. The van der Waals surface area contributed by atoms with Gasteiger partial charge < -0.3 is 5.32 Å². The van der Waals surface area contributed by atoms with Crippen molar-refractivity contribution in [3.63, 3.8) is 0 Å². The number of aromatic nitrogens is 5. The van der Waals surface area contributed by atoms with Gasteiger partial charge >= 0.3 is 0 Å². The molecule has 1 aromatic carbocycles. The summed E-state index contributed by atoms with van der Waals surface area (Å²) in [6.07, 6.45) is 5.87. The SMILES string of the molecule is Cn1cc2cc(-c3nn4cc(C5CCNCC5)nc4s3)cc(C(C)(F)F)c2n1. The van der Waals surface area contributed by atoms with E-state index in [4.69, 9.17) is 4.98 Å². The molecule has 1 aliphatic heterocycles. The Labute approximate surface area is 164 Å². The molecule has 5 rings (SSSR count). The van der Waals surface area contributed by atoms with E-state index in [0.29, 0.717) is 27.4 Å². The van der Waals surface area contributed by atoms with Gasteiger partial charge in [-0.3, -0.25) is 4.68 Å². The molecule has 0 aliphatic carbocycles. The molecular weight excluding hydrogens is 382 g/mol. The van der Waals surface area contributed by atoms with Gasteiger partial charge in [0.25, 0.3) is 5.92 Å². The number of hydrogen-bond donors (Lipinski definition) is 1. The van der Waals surface area contributed by atoms with Crippen molar-refractivity contribution in [3.8, 4) is 10.6 Å². The first-order valence-corrected chi connectivity index (χ1v) is 10.1. The number of benzene rings is 1. The molecular formula is C19H20F2N6S. The zero-order valence-corrected chi connectivity index (χ0v) is 16.4. The van der Waals surface area contributed by atoms with E-state index in [1.54, 1.807) is 22.4 Å². The van der Waals surface area contributed by atoms with E-state index in [2.05, 4.69) is 15.5 Å². The smallest absolute Gasteiger partial charge is 0.272 e. The van der Waals surface area contributed by atoms with Crippen molar-refractivity contribution >= 4 is 27.2 Å². The fourth-order valence-electron chi connectivity index (χ4n) is 3.86. The van der Waals surface area contributed by atoms with Crippen molar-refractivity contribution in [2.24, 2.45) is 7.05 Å². The Balaban J connectivity index is 1.57. The Morgan fingerprint density at radius 2 is 1.96 bits per heavy atom. The highest BCUT2D eigenvalue weighted by Crippen LogP contribution is 2.37. The highest BCUT2D eigenvalue weighted by molar-refractivity contribution is 7.19. The van der Waals surface area contributed by atoms with E-state index in [1.807, 2.05) is 12.3 Å². The summed E-state index contributed by atoms with van der Waals surface area (Å²) >= 11 is 1.42. The maximum atomic E-state index is 14.2. The zero-order valence-electron chi connectivity index (χ0n) is 15.6. The number of nitrogens with zero attached hydrogens (tertiary/aromatic N) is 5. The average Bonchev–Trinajstić information content (AvgIpc) is 3.32. The van der Waals surface area contributed by atoms with Gasteiger partial charge in [0, 0.05) is 42.6 Å². The summed E-state index contributed by atoms with van der Waals surface area (Å²) in [7, 11) is 1.73. The fraction of sp³-hybridized carbons (Fsp3) is 0.421. The maximum Gasteiger partial charge on any atom is 0.272 e. The van der Waals surface area contributed by atoms with Gasteiger partial charge in [-0.15, -0.1) is 0 Å². The van der Waals surface area contributed by atoms with Crippen LogP contribution < -0.4 is 5.32 Å². The van der Waals surface area contributed by atoms with Gasteiger partial charge in [-0.1, -0.05) is 11.3 Å². The first kappa shape index (κ1) is 17.7. The number of imidazole rings is 1. The Bertz CT molecular complexity index is 1130. The number of piperidine rings is 1. The van der Waals surface area contributed by atoms with Crippen LogP contribution >= 0.6 is 11.3 Å². The molecule has 9 heteroatoms. The summed E-state index contributed by atoms with van der Waals surface area (Å²) in [5, 5.41) is 13.5. The van der Waals surface area contributed by atoms with Gasteiger partial charge in [0.1, 0.15) is 10.5 Å². The largest absolute Gasteiger partial charge is 0.317 e. The van der Waals surface area contributed by atoms with E-state index < -0.39 is 5.92 Å². The van der Waals surface area contributed by atoms with Crippen LogP contribution in [0.1, 0.15) is 36.9 Å². The second-order valence-electron chi connectivity index (χ2n) is 7.48. The van der Waals surface area contributed by atoms with Crippen LogP contribution in [0.2, 0.25) is 0 Å². The van der Waals surface area contributed by atoms with E-state index in [1.165, 1.54) is 17.4 Å². The highest BCUT2D eigenvalue weighted by atomic mass is 32.1. The molecule has 3 aromatic heterocycles. The van der Waals surface area contributed by atoms with Crippen molar-refractivity contribution in [2.75, 3.05) is 13.1 Å². The highest BCUT2D eigenvalue weighted by Gasteiger charge is 2.29. The molecule has 4 aromatic rings. The zero-order chi connectivity index (χ0) is 19.5. The van der Waals surface area contributed by atoms with Crippen LogP contribution in [0.3, 0.4) is 0 Å². The van der Waals surface area contributed by atoms with Crippen molar-refractivity contribution in [2.45, 2.75) is 31.6 Å². The fourth-order valence-corrected chi connectivity index (χ4v) is 4.74. The number of nitrogens with one attached hydrogen (secondary N) is 1. The minimum Gasteiger partial charge on any atom is -0.317 e. The molecule has 1 N–H and O–H groups in total. The van der Waals surface area contributed by atoms with Gasteiger partial charge in [0.05, 0.1) is 11.9 Å². The summed E-state index contributed by atoms with van der Waals surface area (Å²) in [5.74, 6) is -2.53. The molecule has 28 heavy (non-hydrogen) atoms. The third kappa shape index (κ3) is 2.98. The van der Waals surface area contributed by atoms with Crippen molar-refractivity contribution < 1.29 is 8.78 Å². The molecule has 1 saturated heterocycles. The normalized spacial score (nSPS) is 16.4. The average molecular weight is 402 g/mol. The number of aryl methyl sites for hydroxylation is 1. The molecule has 6 nitrogen and oxygen atoms in total. The minimum absolute atomic E-state index is 0.0798. The third-order valence-electron chi connectivity index (χ3n) is 5.26. The standard InChI is InChI=1S/C19H20F2N6S/c1-19(20,21)14-8-12(7-13-9-26(2)24-16(13)14)17-25-27-10-15(23-18(27)28-17)11-3-5-22-6-4-11/h7-11,22H,3-6H2,1-2H3. The summed E-state index contributed by atoms with van der Waals surface area (Å²) in [4.78, 5) is 5.54. The monoisotopic (exact) mass is 402 g/mol. The molecule has 0 spiro atoms. The van der Waals surface area contributed by atoms with Crippen LogP contribution in [0.4, 0.5) is 8.78 Å². The molecule has 0 atom stereocenters. The lowest BCUT2D eigenvalue weighted by Gasteiger charge is -2.20. The predicted molar refractivity (Wildman–Crippen MR) is 105 cm³/mol. The Kier molecular flexibility index (Phi) is 3.99. The molecule has 0 bridgehead atoms. The number of hydrogen-bond acceptors (Lipinski definition) is 5. The van der Waals surface area contributed by atoms with E-state index >= 15 is 0 Å². The first-order chi connectivity index (χ1) is 13.4. The quantitative estimate of drug-likeness (QED) is 0.564. The molecule has 0 amide bonds. The lowest BCUT2D eigenvalue weighted by atomic mass is 9.95. The Morgan fingerprint density at radius 1 is 1.18 bits per heavy atom. The van der Waals surface area contributed by atoms with Gasteiger partial charge in [-0.25, -0.2) is 18.3 Å². The summed E-state index contributed by atoms with van der Waals surface area (Å²) in [6, 6.07) is 3.37. The summed E-state index contributed by atoms with van der Waals surface area (Å²) < 4.78 is 31.7. The summed E-state index contributed by atoms with van der Waals surface area (Å²) in [5.41, 5.74) is 1.98. The van der Waals surface area contributed by atoms with Crippen molar-refractivity contribution in [1.29, 1.82) is 0 Å². The topological polar surface area (TPSA) is 60.0 Å². The second-order valence-corrected chi connectivity index (χ2v) is 8.43. The molecule has 0 radical (unpaired) electrons. The molecule has 0 saturated carbocycles. The number of rotatable bonds is 3. The maximum absolute atomic E-state index is 14.2. The van der Waals surface area contributed by atoms with Crippen molar-refractivity contribution in [1.82, 2.24) is 29.7 Å². The van der Waals surface area contributed by atoms with Crippen LogP contribution in [0.5, 0.6) is 0 Å². The molecule has 4 heterocycles. The van der Waals surface area contributed by atoms with E-state index in [-0.39, 0.29) is 5.56 Å². The number of halogens is 2. The predicted octanol–water partition coefficient (Wildman–Crippen LogP) is 3.92. The second kappa shape index (κ2) is 6.31.